The van der Waals surface area contributed by atoms with E-state index in [4.69, 9.17) is 4.55 Å². The van der Waals surface area contributed by atoms with Crippen LogP contribution in [0.4, 0.5) is 0 Å². The molecule has 0 aliphatic heterocycles. The Balaban J connectivity index is 4.42. The van der Waals surface area contributed by atoms with Gasteiger partial charge < -0.3 is 0 Å². The zero-order valence-electron chi connectivity index (χ0n) is 4.72. The molecule has 0 saturated heterocycles. The lowest BCUT2D eigenvalue weighted by Crippen LogP contribution is -2.09. The van der Waals surface area contributed by atoms with E-state index in [2.05, 4.69) is 0 Å². The summed E-state index contributed by atoms with van der Waals surface area (Å²) in [5.74, 6) is 0. The van der Waals surface area contributed by atoms with E-state index in [0.29, 0.717) is 12.2 Å². The zero-order valence-corrected chi connectivity index (χ0v) is 5.54. The summed E-state index contributed by atoms with van der Waals surface area (Å²) in [5, 5.41) is -1.50. The molecular formula is C4H4O5S. The van der Waals surface area contributed by atoms with Crippen molar-refractivity contribution >= 4 is 21.5 Å². The van der Waals surface area contributed by atoms with Crippen molar-refractivity contribution in [3.8, 4) is 0 Å². The van der Waals surface area contributed by atoms with Gasteiger partial charge in [-0.1, -0.05) is 0 Å². The van der Waals surface area contributed by atoms with Crippen LogP contribution in [0.2, 0.25) is 0 Å². The van der Waals surface area contributed by atoms with Crippen LogP contribution in [-0.2, 0) is 19.7 Å². The fraction of sp³-hybridized carbons (Fsp3) is 0. The highest BCUT2D eigenvalue weighted by Crippen LogP contribution is 1.85. The second-order valence-electron chi connectivity index (χ2n) is 1.29. The van der Waals surface area contributed by atoms with Gasteiger partial charge in [0.25, 0.3) is 5.12 Å². The lowest BCUT2D eigenvalue weighted by Gasteiger charge is -1.83. The molecule has 0 aliphatic carbocycles. The average Bonchev–Trinajstić information content (AvgIpc) is 1.80. The highest BCUT2D eigenvalue weighted by atomic mass is 32.2. The van der Waals surface area contributed by atoms with Crippen LogP contribution in [-0.4, -0.2) is 24.4 Å². The molecule has 6 heteroatoms. The molecule has 0 heterocycles. The fourth-order valence-electron chi connectivity index (χ4n) is 0.204. The summed E-state index contributed by atoms with van der Waals surface area (Å²) in [6.45, 7) is 0. The summed E-state index contributed by atoms with van der Waals surface area (Å²) in [5.41, 5.74) is 0. The molecule has 56 valence electrons. The van der Waals surface area contributed by atoms with Crippen molar-refractivity contribution in [2.24, 2.45) is 0 Å². The highest BCUT2D eigenvalue weighted by molar-refractivity contribution is 8.01. The minimum Gasteiger partial charge on any atom is -0.299 e. The molecule has 0 rings (SSSR count). The minimum absolute atomic E-state index is 0.225. The Morgan fingerprint density at radius 1 is 1.40 bits per heavy atom. The van der Waals surface area contributed by atoms with E-state index in [-0.39, 0.29) is 6.29 Å². The Kier molecular flexibility index (Phi) is 2.91. The monoisotopic (exact) mass is 164 g/mol. The predicted molar refractivity (Wildman–Crippen MR) is 31.8 cm³/mol. The van der Waals surface area contributed by atoms with E-state index in [0.717, 1.165) is 0 Å². The van der Waals surface area contributed by atoms with E-state index in [1.807, 2.05) is 0 Å². The third-order valence-corrected chi connectivity index (χ3v) is 1.21. The molecule has 0 aromatic rings. The Labute approximate surface area is 57.1 Å². The fourth-order valence-corrected chi connectivity index (χ4v) is 0.454. The predicted octanol–water partition coefficient (Wildman–Crippen LogP) is -0.844. The number of carbonyl (C=O) groups is 2. The van der Waals surface area contributed by atoms with Gasteiger partial charge >= 0.3 is 10.1 Å². The summed E-state index contributed by atoms with van der Waals surface area (Å²) in [6.07, 6.45) is 1.36. The summed E-state index contributed by atoms with van der Waals surface area (Å²) >= 11 is 0. The van der Waals surface area contributed by atoms with Gasteiger partial charge in [-0.25, -0.2) is 0 Å². The molecule has 0 aromatic carbocycles. The third-order valence-electron chi connectivity index (χ3n) is 0.565. The molecule has 0 bridgehead atoms. The first-order valence-corrected chi connectivity index (χ1v) is 3.56. The zero-order chi connectivity index (χ0) is 8.20. The van der Waals surface area contributed by atoms with Crippen LogP contribution >= 0.6 is 0 Å². The van der Waals surface area contributed by atoms with Crippen LogP contribution in [0.25, 0.3) is 0 Å². The summed E-state index contributed by atoms with van der Waals surface area (Å²) in [7, 11) is -4.66. The summed E-state index contributed by atoms with van der Waals surface area (Å²) in [6, 6.07) is 0. The second-order valence-corrected chi connectivity index (χ2v) is 2.64. The number of carbonyl (C=O) groups excluding carboxylic acids is 2. The summed E-state index contributed by atoms with van der Waals surface area (Å²) in [4.78, 5) is 19.7. The van der Waals surface area contributed by atoms with Gasteiger partial charge in [-0.3, -0.25) is 14.1 Å². The summed E-state index contributed by atoms with van der Waals surface area (Å²) < 4.78 is 27.7. The Morgan fingerprint density at radius 2 is 1.90 bits per heavy atom. The average molecular weight is 164 g/mol. The maximum atomic E-state index is 10.1. The maximum Gasteiger partial charge on any atom is 0.332 e. The van der Waals surface area contributed by atoms with Crippen molar-refractivity contribution in [1.29, 1.82) is 0 Å². The van der Waals surface area contributed by atoms with E-state index in [1.165, 1.54) is 0 Å². The largest absolute Gasteiger partial charge is 0.332 e. The molecular weight excluding hydrogens is 160 g/mol. The van der Waals surface area contributed by atoms with Crippen molar-refractivity contribution < 1.29 is 22.6 Å². The normalized spacial score (nSPS) is 11.7. The topological polar surface area (TPSA) is 88.5 Å². The van der Waals surface area contributed by atoms with Crippen LogP contribution in [0.1, 0.15) is 0 Å². The molecule has 0 fully saturated rings. The van der Waals surface area contributed by atoms with Gasteiger partial charge in [0.05, 0.1) is 0 Å². The standard InChI is InChI=1S/C4H4O5S/c5-3-1-2-4(6)10(7,8)9/h1-3H,(H,7,8,9)/b2-1-. The Hall–Kier alpha value is -1.01. The Morgan fingerprint density at radius 3 is 2.20 bits per heavy atom. The smallest absolute Gasteiger partial charge is 0.299 e. The van der Waals surface area contributed by atoms with Gasteiger partial charge in [0, 0.05) is 6.08 Å². The molecule has 1 N–H and O–H groups in total. The van der Waals surface area contributed by atoms with Crippen LogP contribution in [0.3, 0.4) is 0 Å². The van der Waals surface area contributed by atoms with Crippen molar-refractivity contribution in [1.82, 2.24) is 0 Å². The van der Waals surface area contributed by atoms with Gasteiger partial charge in [-0.05, 0) is 6.08 Å². The third kappa shape index (κ3) is 3.10. The van der Waals surface area contributed by atoms with Gasteiger partial charge in [0.1, 0.15) is 6.29 Å². The van der Waals surface area contributed by atoms with Crippen molar-refractivity contribution in [2.75, 3.05) is 0 Å². The Bertz CT molecular complexity index is 259. The van der Waals surface area contributed by atoms with Crippen LogP contribution < -0.4 is 0 Å². The lowest BCUT2D eigenvalue weighted by atomic mass is 10.6. The van der Waals surface area contributed by atoms with E-state index < -0.39 is 15.2 Å². The molecule has 10 heavy (non-hydrogen) atoms. The molecule has 0 aliphatic rings. The highest BCUT2D eigenvalue weighted by Gasteiger charge is 2.13. The van der Waals surface area contributed by atoms with Gasteiger partial charge in [-0.2, -0.15) is 8.42 Å². The number of hydrogen-bond acceptors (Lipinski definition) is 4. The number of rotatable bonds is 2. The van der Waals surface area contributed by atoms with Crippen molar-refractivity contribution in [3.63, 3.8) is 0 Å². The van der Waals surface area contributed by atoms with E-state index in [1.54, 1.807) is 0 Å². The first-order chi connectivity index (χ1) is 4.48. The first kappa shape index (κ1) is 8.99. The quantitative estimate of drug-likeness (QED) is 0.326. The van der Waals surface area contributed by atoms with Gasteiger partial charge in [-0.15, -0.1) is 0 Å². The van der Waals surface area contributed by atoms with Crippen molar-refractivity contribution in [3.05, 3.63) is 12.2 Å². The molecule has 5 nitrogen and oxygen atoms in total. The first-order valence-electron chi connectivity index (χ1n) is 2.12. The minimum atomic E-state index is -4.66. The maximum absolute atomic E-state index is 10.1. The number of allylic oxidation sites excluding steroid dienone is 1. The number of hydrogen-bond donors (Lipinski definition) is 1. The molecule has 0 amide bonds. The second kappa shape index (κ2) is 3.23. The molecule has 0 spiro atoms. The molecule has 0 aromatic heterocycles. The molecule has 0 atom stereocenters. The van der Waals surface area contributed by atoms with E-state index >= 15 is 0 Å². The van der Waals surface area contributed by atoms with Gasteiger partial charge in [0.15, 0.2) is 0 Å². The van der Waals surface area contributed by atoms with Crippen molar-refractivity contribution in [2.45, 2.75) is 0 Å². The lowest BCUT2D eigenvalue weighted by molar-refractivity contribution is -0.109. The van der Waals surface area contributed by atoms with Crippen LogP contribution in [0, 0.1) is 0 Å². The van der Waals surface area contributed by atoms with Crippen LogP contribution in [0.15, 0.2) is 12.2 Å². The molecule has 0 radical (unpaired) electrons. The van der Waals surface area contributed by atoms with E-state index in [9.17, 15) is 18.0 Å². The van der Waals surface area contributed by atoms with Crippen LogP contribution in [0.5, 0.6) is 0 Å². The SMILES string of the molecule is O=C/C=C\C(=O)S(=O)(=O)O. The molecule has 0 saturated carbocycles. The number of aldehydes is 1. The molecule has 0 unspecified atom stereocenters. The van der Waals surface area contributed by atoms with Gasteiger partial charge in [0.2, 0.25) is 0 Å².